The number of hydrogen-bond acceptors (Lipinski definition) is 4. The third-order valence-corrected chi connectivity index (χ3v) is 5.89. The summed E-state index contributed by atoms with van der Waals surface area (Å²) in [6.07, 6.45) is 2.44. The minimum Gasteiger partial charge on any atom is -0.354 e. The Balaban J connectivity index is 1.22. The molecule has 0 atom stereocenters. The van der Waals surface area contributed by atoms with Gasteiger partial charge in [-0.15, -0.1) is 0 Å². The van der Waals surface area contributed by atoms with E-state index < -0.39 is 0 Å². The van der Waals surface area contributed by atoms with Crippen LogP contribution in [0.1, 0.15) is 5.56 Å². The van der Waals surface area contributed by atoms with Crippen molar-refractivity contribution >= 4 is 28.2 Å². The third kappa shape index (κ3) is 3.12. The average Bonchev–Trinajstić information content (AvgIpc) is 3.07. The average molecular weight is 372 g/mol. The van der Waals surface area contributed by atoms with Crippen molar-refractivity contribution in [2.75, 3.05) is 49.1 Å². The van der Waals surface area contributed by atoms with Gasteiger partial charge in [0.25, 0.3) is 0 Å². The number of piperazine rings is 1. The molecule has 1 aromatic heterocycles. The van der Waals surface area contributed by atoms with Crippen LogP contribution in [0.5, 0.6) is 0 Å². The second-order valence-corrected chi connectivity index (χ2v) is 7.54. The molecule has 28 heavy (non-hydrogen) atoms. The van der Waals surface area contributed by atoms with Crippen LogP contribution < -0.4 is 9.80 Å². The summed E-state index contributed by atoms with van der Waals surface area (Å²) in [5.41, 5.74) is 2.24. The van der Waals surface area contributed by atoms with Crippen molar-refractivity contribution in [3.63, 3.8) is 0 Å². The van der Waals surface area contributed by atoms with Crippen molar-refractivity contribution in [2.24, 2.45) is 0 Å². The van der Waals surface area contributed by atoms with Crippen LogP contribution in [0.2, 0.25) is 0 Å². The lowest BCUT2D eigenvalue weighted by Gasteiger charge is -2.36. The van der Waals surface area contributed by atoms with Crippen LogP contribution in [0.25, 0.3) is 10.8 Å². The zero-order valence-electron chi connectivity index (χ0n) is 15.9. The van der Waals surface area contributed by atoms with Crippen molar-refractivity contribution in [1.82, 2.24) is 9.88 Å². The summed E-state index contributed by atoms with van der Waals surface area (Å²) in [4.78, 5) is 23.8. The monoisotopic (exact) mass is 372 g/mol. The molecule has 3 aromatic rings. The predicted molar refractivity (Wildman–Crippen MR) is 113 cm³/mol. The summed E-state index contributed by atoms with van der Waals surface area (Å²) in [6.45, 7) is 5.60. The van der Waals surface area contributed by atoms with Gasteiger partial charge < -0.3 is 9.80 Å². The molecule has 0 unspecified atom stereocenters. The molecule has 0 N–H and O–H groups in total. The molecule has 3 heterocycles. The normalized spacial score (nSPS) is 17.4. The van der Waals surface area contributed by atoms with Gasteiger partial charge in [-0.2, -0.15) is 0 Å². The first-order valence-electron chi connectivity index (χ1n) is 9.99. The van der Waals surface area contributed by atoms with E-state index in [2.05, 4.69) is 57.2 Å². The Morgan fingerprint density at radius 2 is 1.64 bits per heavy atom. The SMILES string of the molecule is O=C1Cc2ccccc2N1CCN1CCN(c2nccc3ccccc23)CC1. The fraction of sp³-hybridized carbons (Fsp3) is 0.304. The van der Waals surface area contributed by atoms with Gasteiger partial charge in [-0.3, -0.25) is 9.69 Å². The van der Waals surface area contributed by atoms with E-state index in [1.54, 1.807) is 0 Å². The number of carbonyl (C=O) groups excluding carboxylic acids is 1. The summed E-state index contributed by atoms with van der Waals surface area (Å²) >= 11 is 0. The molecule has 5 heteroatoms. The molecule has 2 aliphatic heterocycles. The van der Waals surface area contributed by atoms with E-state index in [4.69, 9.17) is 0 Å². The topological polar surface area (TPSA) is 39.7 Å². The Morgan fingerprint density at radius 3 is 2.54 bits per heavy atom. The molecule has 0 aliphatic carbocycles. The number of aromatic nitrogens is 1. The first kappa shape index (κ1) is 17.2. The van der Waals surface area contributed by atoms with Gasteiger partial charge in [-0.25, -0.2) is 4.98 Å². The first-order chi connectivity index (χ1) is 13.8. The van der Waals surface area contributed by atoms with Gasteiger partial charge in [-0.05, 0) is 23.1 Å². The van der Waals surface area contributed by atoms with E-state index in [1.165, 1.54) is 10.8 Å². The molecule has 1 amide bonds. The highest BCUT2D eigenvalue weighted by Gasteiger charge is 2.27. The lowest BCUT2D eigenvalue weighted by molar-refractivity contribution is -0.117. The van der Waals surface area contributed by atoms with Crippen molar-refractivity contribution in [3.05, 3.63) is 66.4 Å². The van der Waals surface area contributed by atoms with E-state index in [0.29, 0.717) is 6.42 Å². The van der Waals surface area contributed by atoms with Crippen LogP contribution in [0.15, 0.2) is 60.8 Å². The summed E-state index contributed by atoms with van der Waals surface area (Å²) < 4.78 is 0. The summed E-state index contributed by atoms with van der Waals surface area (Å²) in [7, 11) is 0. The minimum atomic E-state index is 0.222. The molecule has 0 radical (unpaired) electrons. The minimum absolute atomic E-state index is 0.222. The highest BCUT2D eigenvalue weighted by atomic mass is 16.2. The molecule has 0 spiro atoms. The summed E-state index contributed by atoms with van der Waals surface area (Å²) in [6, 6.07) is 18.7. The van der Waals surface area contributed by atoms with Crippen LogP contribution >= 0.6 is 0 Å². The summed E-state index contributed by atoms with van der Waals surface area (Å²) in [5, 5.41) is 2.46. The molecule has 1 fully saturated rings. The number of amides is 1. The number of nitrogens with zero attached hydrogens (tertiary/aromatic N) is 4. The largest absolute Gasteiger partial charge is 0.354 e. The number of benzene rings is 2. The van der Waals surface area contributed by atoms with Gasteiger partial charge >= 0.3 is 0 Å². The van der Waals surface area contributed by atoms with E-state index >= 15 is 0 Å². The van der Waals surface area contributed by atoms with Gasteiger partial charge in [0.2, 0.25) is 5.91 Å². The van der Waals surface area contributed by atoms with Crippen LogP contribution in [0, 0.1) is 0 Å². The fourth-order valence-corrected chi connectivity index (χ4v) is 4.34. The quantitative estimate of drug-likeness (QED) is 0.706. The Bertz CT molecular complexity index is 1000. The van der Waals surface area contributed by atoms with E-state index in [-0.39, 0.29) is 5.91 Å². The fourth-order valence-electron chi connectivity index (χ4n) is 4.34. The molecule has 0 bridgehead atoms. The number of para-hydroxylation sites is 1. The second-order valence-electron chi connectivity index (χ2n) is 7.54. The number of fused-ring (bicyclic) bond motifs is 2. The smallest absolute Gasteiger partial charge is 0.231 e. The van der Waals surface area contributed by atoms with E-state index in [1.807, 2.05) is 23.2 Å². The third-order valence-electron chi connectivity index (χ3n) is 5.89. The Labute approximate surface area is 165 Å². The molecule has 0 saturated carbocycles. The molecule has 1 saturated heterocycles. The highest BCUT2D eigenvalue weighted by molar-refractivity contribution is 6.01. The van der Waals surface area contributed by atoms with E-state index in [0.717, 1.165) is 56.3 Å². The van der Waals surface area contributed by atoms with Gasteiger partial charge in [0.15, 0.2) is 0 Å². The lowest BCUT2D eigenvalue weighted by atomic mass is 10.1. The molecular formula is C23H24N4O. The lowest BCUT2D eigenvalue weighted by Crippen LogP contribution is -2.49. The molecule has 2 aliphatic rings. The molecule has 2 aromatic carbocycles. The maximum absolute atomic E-state index is 12.4. The number of rotatable bonds is 4. The number of hydrogen-bond donors (Lipinski definition) is 0. The van der Waals surface area contributed by atoms with Gasteiger partial charge in [-0.1, -0.05) is 42.5 Å². The van der Waals surface area contributed by atoms with Crippen LogP contribution in [0.4, 0.5) is 11.5 Å². The molecule has 142 valence electrons. The molecular weight excluding hydrogens is 348 g/mol. The number of pyridine rings is 1. The van der Waals surface area contributed by atoms with Gasteiger partial charge in [0, 0.05) is 56.5 Å². The van der Waals surface area contributed by atoms with Gasteiger partial charge in [0.1, 0.15) is 5.82 Å². The predicted octanol–water partition coefficient (Wildman–Crippen LogP) is 2.95. The Hall–Kier alpha value is -2.92. The van der Waals surface area contributed by atoms with E-state index in [9.17, 15) is 4.79 Å². The maximum Gasteiger partial charge on any atom is 0.231 e. The Morgan fingerprint density at radius 1 is 0.857 bits per heavy atom. The number of carbonyl (C=O) groups is 1. The van der Waals surface area contributed by atoms with Crippen LogP contribution in [-0.4, -0.2) is 55.1 Å². The first-order valence-corrected chi connectivity index (χ1v) is 9.99. The zero-order chi connectivity index (χ0) is 18.9. The van der Waals surface area contributed by atoms with Gasteiger partial charge in [0.05, 0.1) is 6.42 Å². The van der Waals surface area contributed by atoms with Crippen molar-refractivity contribution in [1.29, 1.82) is 0 Å². The second kappa shape index (κ2) is 7.24. The van der Waals surface area contributed by atoms with Crippen molar-refractivity contribution < 1.29 is 4.79 Å². The van der Waals surface area contributed by atoms with Crippen LogP contribution in [-0.2, 0) is 11.2 Å². The van der Waals surface area contributed by atoms with Crippen LogP contribution in [0.3, 0.4) is 0 Å². The van der Waals surface area contributed by atoms with Crippen molar-refractivity contribution in [3.8, 4) is 0 Å². The van der Waals surface area contributed by atoms with Crippen molar-refractivity contribution in [2.45, 2.75) is 6.42 Å². The molecule has 5 rings (SSSR count). The maximum atomic E-state index is 12.4. The number of anilines is 2. The molecule has 5 nitrogen and oxygen atoms in total. The summed E-state index contributed by atoms with van der Waals surface area (Å²) in [5.74, 6) is 1.31. The zero-order valence-corrected chi connectivity index (χ0v) is 15.9. The Kier molecular flexibility index (Phi) is 4.45. The standard InChI is InChI=1S/C23H24N4O/c28-22-17-19-6-2-4-8-21(19)27(22)16-13-25-11-14-26(15-12-25)23-20-7-3-1-5-18(20)9-10-24-23/h1-10H,11-17H2. The highest BCUT2D eigenvalue weighted by Crippen LogP contribution is 2.28.